The minimum absolute atomic E-state index is 0.0627. The number of thioether (sulfide) groups is 1. The van der Waals surface area contributed by atoms with Crippen molar-refractivity contribution in [2.45, 2.75) is 57.6 Å². The maximum absolute atomic E-state index is 13.0. The zero-order valence-corrected chi connectivity index (χ0v) is 20.2. The molecule has 0 atom stereocenters. The van der Waals surface area contributed by atoms with Crippen LogP contribution in [0.1, 0.15) is 63.0 Å². The molecule has 31 heavy (non-hydrogen) atoms. The van der Waals surface area contributed by atoms with Crippen molar-refractivity contribution in [3.63, 3.8) is 0 Å². The van der Waals surface area contributed by atoms with E-state index in [1.54, 1.807) is 36.4 Å². The number of phenols is 1. The first-order chi connectivity index (χ1) is 14.4. The summed E-state index contributed by atoms with van der Waals surface area (Å²) >= 11 is 7.11. The molecule has 3 rings (SSSR count). The molecule has 1 aromatic heterocycles. The number of carbonyl (C=O) groups is 1. The van der Waals surface area contributed by atoms with Crippen molar-refractivity contribution in [3.8, 4) is 17.2 Å². The molecule has 0 aliphatic heterocycles. The van der Waals surface area contributed by atoms with Gasteiger partial charge >= 0.3 is 0 Å². The van der Waals surface area contributed by atoms with Crippen LogP contribution in [0.2, 0.25) is 5.02 Å². The molecular weight excluding hydrogens is 432 g/mol. The lowest BCUT2D eigenvalue weighted by Crippen LogP contribution is -2.19. The molecule has 7 heteroatoms. The number of carbonyl (C=O) groups excluding carboxylic acids is 1. The van der Waals surface area contributed by atoms with Crippen molar-refractivity contribution in [3.05, 3.63) is 58.1 Å². The lowest BCUT2D eigenvalue weighted by Gasteiger charge is -2.28. The highest BCUT2D eigenvalue weighted by molar-refractivity contribution is 7.99. The van der Waals surface area contributed by atoms with Crippen LogP contribution in [0.25, 0.3) is 11.5 Å². The first kappa shape index (κ1) is 23.4. The molecule has 0 bridgehead atoms. The Kier molecular flexibility index (Phi) is 6.53. The van der Waals surface area contributed by atoms with Crippen molar-refractivity contribution in [1.82, 2.24) is 10.2 Å². The highest BCUT2D eigenvalue weighted by Gasteiger charge is 2.28. The van der Waals surface area contributed by atoms with Crippen LogP contribution in [0, 0.1) is 0 Å². The highest BCUT2D eigenvalue weighted by Crippen LogP contribution is 2.40. The number of ketones is 1. The molecule has 0 unspecified atom stereocenters. The molecule has 0 spiro atoms. The Bertz CT molecular complexity index is 1060. The van der Waals surface area contributed by atoms with Crippen molar-refractivity contribution < 1.29 is 14.3 Å². The Labute approximate surface area is 192 Å². The van der Waals surface area contributed by atoms with E-state index in [-0.39, 0.29) is 28.1 Å². The fourth-order valence-electron chi connectivity index (χ4n) is 3.13. The Hall–Kier alpha value is -2.31. The molecule has 2 aromatic carbocycles. The normalized spacial score (nSPS) is 12.2. The van der Waals surface area contributed by atoms with Gasteiger partial charge < -0.3 is 9.52 Å². The topological polar surface area (TPSA) is 76.2 Å². The lowest BCUT2D eigenvalue weighted by atomic mass is 9.78. The summed E-state index contributed by atoms with van der Waals surface area (Å²) in [4.78, 5) is 13.0. The van der Waals surface area contributed by atoms with Gasteiger partial charge in [-0.05, 0) is 47.2 Å². The van der Waals surface area contributed by atoms with E-state index >= 15 is 0 Å². The molecule has 0 saturated heterocycles. The van der Waals surface area contributed by atoms with E-state index in [4.69, 9.17) is 16.0 Å². The minimum Gasteiger partial charge on any atom is -0.507 e. The predicted molar refractivity (Wildman–Crippen MR) is 125 cm³/mol. The molecule has 164 valence electrons. The number of rotatable bonds is 5. The number of Topliss-reactive ketones (excluding diaryl/α,β-unsaturated/α-hetero) is 1. The van der Waals surface area contributed by atoms with E-state index in [1.807, 2.05) is 41.5 Å². The maximum atomic E-state index is 13.0. The zero-order valence-electron chi connectivity index (χ0n) is 18.6. The molecule has 5 nitrogen and oxygen atoms in total. The maximum Gasteiger partial charge on any atom is 0.277 e. The second-order valence-corrected chi connectivity index (χ2v) is 10.9. The molecule has 0 amide bonds. The average Bonchev–Trinajstić information content (AvgIpc) is 3.14. The number of halogens is 1. The SMILES string of the molecule is CC(C)(C)c1cc(C(=O)CSc2nnc(-c3ccc(Cl)cc3)o2)cc(C(C)(C)C)c1O. The largest absolute Gasteiger partial charge is 0.507 e. The van der Waals surface area contributed by atoms with Crippen LogP contribution in [0.5, 0.6) is 5.75 Å². The summed E-state index contributed by atoms with van der Waals surface area (Å²) in [5, 5.41) is 19.9. The standard InChI is InChI=1S/C24H27ClN2O3S/c1-23(2,3)17-11-15(12-18(20(17)29)24(4,5)6)19(28)13-31-22-27-26-21(30-22)14-7-9-16(25)10-8-14/h7-12,29H,13H2,1-6H3. The molecule has 0 aliphatic carbocycles. The van der Waals surface area contributed by atoms with E-state index in [0.29, 0.717) is 21.7 Å². The van der Waals surface area contributed by atoms with Crippen molar-refractivity contribution in [1.29, 1.82) is 0 Å². The van der Waals surface area contributed by atoms with Gasteiger partial charge in [-0.3, -0.25) is 4.79 Å². The lowest BCUT2D eigenvalue weighted by molar-refractivity contribution is 0.102. The second kappa shape index (κ2) is 8.67. The molecule has 3 aromatic rings. The van der Waals surface area contributed by atoms with Crippen LogP contribution < -0.4 is 0 Å². The van der Waals surface area contributed by atoms with Crippen LogP contribution in [0.15, 0.2) is 46.0 Å². The summed E-state index contributed by atoms with van der Waals surface area (Å²) in [5.41, 5.74) is 2.25. The van der Waals surface area contributed by atoms with Crippen LogP contribution in [0.3, 0.4) is 0 Å². The van der Waals surface area contributed by atoms with Crippen molar-refractivity contribution >= 4 is 29.1 Å². The second-order valence-electron chi connectivity index (χ2n) is 9.51. The molecule has 0 fully saturated rings. The van der Waals surface area contributed by atoms with E-state index in [2.05, 4.69) is 10.2 Å². The summed E-state index contributed by atoms with van der Waals surface area (Å²) in [7, 11) is 0. The number of hydrogen-bond acceptors (Lipinski definition) is 6. The fraction of sp³-hybridized carbons (Fsp3) is 0.375. The third-order valence-corrected chi connectivity index (χ3v) is 5.94. The number of aromatic nitrogens is 2. The average molecular weight is 459 g/mol. The van der Waals surface area contributed by atoms with Gasteiger partial charge in [0.05, 0.1) is 5.75 Å². The molecular formula is C24H27ClN2O3S. The van der Waals surface area contributed by atoms with E-state index in [9.17, 15) is 9.90 Å². The van der Waals surface area contributed by atoms with E-state index < -0.39 is 0 Å². The predicted octanol–water partition coefficient (Wildman–Crippen LogP) is 6.67. The molecule has 0 saturated carbocycles. The molecule has 1 N–H and O–H groups in total. The zero-order chi connectivity index (χ0) is 23.0. The number of nitrogens with zero attached hydrogens (tertiary/aromatic N) is 2. The summed E-state index contributed by atoms with van der Waals surface area (Å²) < 4.78 is 5.68. The number of hydrogen-bond donors (Lipinski definition) is 1. The fourth-order valence-corrected chi connectivity index (χ4v) is 3.91. The number of phenolic OH excluding ortho intramolecular Hbond substituents is 1. The molecule has 0 aliphatic rings. The Balaban J connectivity index is 1.81. The number of aromatic hydroxyl groups is 1. The smallest absolute Gasteiger partial charge is 0.277 e. The van der Waals surface area contributed by atoms with Crippen LogP contribution in [-0.2, 0) is 10.8 Å². The summed E-state index contributed by atoms with van der Waals surface area (Å²) in [5.74, 6) is 0.724. The van der Waals surface area contributed by atoms with Gasteiger partial charge in [0, 0.05) is 27.3 Å². The van der Waals surface area contributed by atoms with Gasteiger partial charge in [-0.25, -0.2) is 0 Å². The van der Waals surface area contributed by atoms with E-state index in [1.165, 1.54) is 11.8 Å². The third kappa shape index (κ3) is 5.49. The van der Waals surface area contributed by atoms with Gasteiger partial charge in [-0.2, -0.15) is 0 Å². The van der Waals surface area contributed by atoms with Crippen LogP contribution in [0.4, 0.5) is 0 Å². The van der Waals surface area contributed by atoms with Crippen molar-refractivity contribution in [2.75, 3.05) is 5.75 Å². The van der Waals surface area contributed by atoms with Crippen LogP contribution in [-0.4, -0.2) is 26.8 Å². The van der Waals surface area contributed by atoms with Crippen molar-refractivity contribution in [2.24, 2.45) is 0 Å². The Morgan fingerprint density at radius 1 is 1.00 bits per heavy atom. The molecule has 0 radical (unpaired) electrons. The number of benzene rings is 2. The Morgan fingerprint density at radius 3 is 2.06 bits per heavy atom. The van der Waals surface area contributed by atoms with Gasteiger partial charge in [0.1, 0.15) is 5.75 Å². The van der Waals surface area contributed by atoms with Gasteiger partial charge in [0.2, 0.25) is 5.89 Å². The summed E-state index contributed by atoms with van der Waals surface area (Å²) in [6.45, 7) is 12.1. The summed E-state index contributed by atoms with van der Waals surface area (Å²) in [6, 6.07) is 10.7. The van der Waals surface area contributed by atoms with Gasteiger partial charge in [-0.15, -0.1) is 10.2 Å². The Morgan fingerprint density at radius 2 is 1.55 bits per heavy atom. The minimum atomic E-state index is -0.298. The highest BCUT2D eigenvalue weighted by atomic mass is 35.5. The van der Waals surface area contributed by atoms with Gasteiger partial charge in [0.15, 0.2) is 5.78 Å². The third-order valence-electron chi connectivity index (χ3n) is 4.87. The van der Waals surface area contributed by atoms with Gasteiger partial charge in [-0.1, -0.05) is 64.9 Å². The first-order valence-electron chi connectivity index (χ1n) is 9.99. The van der Waals surface area contributed by atoms with Gasteiger partial charge in [0.25, 0.3) is 5.22 Å². The quantitative estimate of drug-likeness (QED) is 0.340. The molecule has 1 heterocycles. The van der Waals surface area contributed by atoms with Crippen LogP contribution >= 0.6 is 23.4 Å². The summed E-state index contributed by atoms with van der Waals surface area (Å²) in [6.07, 6.45) is 0. The first-order valence-corrected chi connectivity index (χ1v) is 11.4. The van der Waals surface area contributed by atoms with E-state index in [0.717, 1.165) is 16.7 Å². The monoisotopic (exact) mass is 458 g/mol.